The summed E-state index contributed by atoms with van der Waals surface area (Å²) in [4.78, 5) is 0. The normalized spacial score (nSPS) is 17.6. The smallest absolute Gasteiger partial charge is 0.418 e. The molecule has 0 spiro atoms. The summed E-state index contributed by atoms with van der Waals surface area (Å²) in [5.41, 5.74) is 0. The van der Waals surface area contributed by atoms with Crippen molar-refractivity contribution in [3.05, 3.63) is 0 Å². The number of aliphatic hydroxyl groups excluding tert-OH is 2. The second-order valence-electron chi connectivity index (χ2n) is 5.11. The molecule has 1 heterocycles. The average molecular weight is 651 g/mol. The van der Waals surface area contributed by atoms with E-state index in [0.717, 1.165) is 49.4 Å². The predicted octanol–water partition coefficient (Wildman–Crippen LogP) is 2.72. The molecule has 2 N–H and O–H groups in total. The summed E-state index contributed by atoms with van der Waals surface area (Å²) < 4.78 is 99.9. The van der Waals surface area contributed by atoms with Crippen LogP contribution in [0, 0.1) is 0 Å². The van der Waals surface area contributed by atoms with Crippen LogP contribution in [0.25, 0.3) is 0 Å². The first-order valence-electron chi connectivity index (χ1n) is 9.34. The quantitative estimate of drug-likeness (QED) is 0.332. The van der Waals surface area contributed by atoms with Crippen molar-refractivity contribution in [3.63, 3.8) is 0 Å². The second-order valence-corrected chi connectivity index (χ2v) is 7.56. The Balaban J connectivity index is -0.000000230. The topological polar surface area (TPSA) is 77.4 Å². The first-order valence-corrected chi connectivity index (χ1v) is 11.7. The third-order valence-electron chi connectivity index (χ3n) is 2.33. The second kappa shape index (κ2) is 30.9. The minimum absolute atomic E-state index is 0. The molecule has 33 heavy (non-hydrogen) atoms. The van der Waals surface area contributed by atoms with Crippen molar-refractivity contribution in [2.75, 3.05) is 89.1 Å². The molecular weight excluding hydrogens is 621 g/mol. The minimum atomic E-state index is -6.00. The molecule has 0 bridgehead atoms. The van der Waals surface area contributed by atoms with E-state index < -0.39 is 14.5 Å². The molecule has 0 unspecified atom stereocenters. The minimum Gasteiger partial charge on any atom is -0.418 e. The first-order chi connectivity index (χ1) is 14.9. The van der Waals surface area contributed by atoms with Crippen LogP contribution in [0.3, 0.4) is 0 Å². The van der Waals surface area contributed by atoms with E-state index in [1.807, 2.05) is 23.5 Å². The summed E-state index contributed by atoms with van der Waals surface area (Å²) in [6.45, 7) is 5.74. The van der Waals surface area contributed by atoms with Crippen molar-refractivity contribution in [1.82, 2.24) is 0 Å². The molecule has 0 saturated carbocycles. The number of halogens is 8. The van der Waals surface area contributed by atoms with Crippen LogP contribution >= 0.6 is 23.5 Å². The Morgan fingerprint density at radius 2 is 0.667 bits per heavy atom. The fourth-order valence-corrected chi connectivity index (χ4v) is 2.67. The van der Waals surface area contributed by atoms with Crippen molar-refractivity contribution in [3.8, 4) is 0 Å². The van der Waals surface area contributed by atoms with Gasteiger partial charge >= 0.3 is 38.4 Å². The van der Waals surface area contributed by atoms with E-state index in [0.29, 0.717) is 26.4 Å². The Labute approximate surface area is 214 Å². The molecule has 0 amide bonds. The van der Waals surface area contributed by atoms with Gasteiger partial charge in [-0.25, -0.2) is 0 Å². The number of hydrogen-bond acceptors (Lipinski definition) is 8. The van der Waals surface area contributed by atoms with Gasteiger partial charge in [0.1, 0.15) is 0 Å². The van der Waals surface area contributed by atoms with Gasteiger partial charge in [-0.05, 0) is 0 Å². The molecule has 200 valence electrons. The predicted molar refractivity (Wildman–Crippen MR) is 118 cm³/mol. The van der Waals surface area contributed by atoms with Gasteiger partial charge < -0.3 is 63.7 Å². The van der Waals surface area contributed by atoms with Gasteiger partial charge in [-0.1, -0.05) is 0 Å². The van der Waals surface area contributed by atoms with Crippen LogP contribution in [0.5, 0.6) is 0 Å². The van der Waals surface area contributed by atoms with Gasteiger partial charge in [0.25, 0.3) is 0 Å². The van der Waals surface area contributed by atoms with Gasteiger partial charge in [-0.3, -0.25) is 0 Å². The number of ether oxygens (including phenoxy) is 4. The Hall–Kier alpha value is 0.829. The van der Waals surface area contributed by atoms with E-state index >= 15 is 0 Å². The average Bonchev–Trinajstić information content (AvgIpc) is 2.66. The van der Waals surface area contributed by atoms with Gasteiger partial charge in [-0.2, -0.15) is 23.5 Å². The van der Waals surface area contributed by atoms with E-state index in [9.17, 15) is 34.5 Å². The fraction of sp³-hybridized carbons (Fsp3) is 1.00. The summed E-state index contributed by atoms with van der Waals surface area (Å²) in [5, 5.41) is 15.2. The summed E-state index contributed by atoms with van der Waals surface area (Å²) in [5.74, 6) is 4.09. The third-order valence-corrected chi connectivity index (χ3v) is 4.15. The van der Waals surface area contributed by atoms with E-state index in [4.69, 9.17) is 29.2 Å². The molecule has 1 saturated heterocycles. The van der Waals surface area contributed by atoms with Crippen LogP contribution < -0.4 is 0 Å². The summed E-state index contributed by atoms with van der Waals surface area (Å²) in [7, 11) is -12.0. The summed E-state index contributed by atoms with van der Waals surface area (Å²) in [6.07, 6.45) is 0. The summed E-state index contributed by atoms with van der Waals surface area (Å²) in [6, 6.07) is 0. The molecule has 1 aliphatic rings. The van der Waals surface area contributed by atoms with Crippen molar-refractivity contribution in [2.45, 2.75) is 0 Å². The van der Waals surface area contributed by atoms with E-state index in [1.54, 1.807) is 0 Å². The molecule has 2 radical (unpaired) electrons. The van der Waals surface area contributed by atoms with E-state index in [-0.39, 0.29) is 37.1 Å². The van der Waals surface area contributed by atoms with E-state index in [2.05, 4.69) is 0 Å². The molecule has 1 fully saturated rings. The van der Waals surface area contributed by atoms with Crippen LogP contribution in [0.1, 0.15) is 0 Å². The van der Waals surface area contributed by atoms with Crippen molar-refractivity contribution in [2.24, 2.45) is 0 Å². The monoisotopic (exact) mass is 652 g/mol. The van der Waals surface area contributed by atoms with Gasteiger partial charge in [0.2, 0.25) is 0 Å². The summed E-state index contributed by atoms with van der Waals surface area (Å²) >= 11 is 3.72. The van der Waals surface area contributed by atoms with Gasteiger partial charge in [0.15, 0.2) is 0 Å². The molecule has 6 nitrogen and oxygen atoms in total. The van der Waals surface area contributed by atoms with Crippen LogP contribution in [0.4, 0.5) is 34.5 Å². The van der Waals surface area contributed by atoms with Gasteiger partial charge in [0.05, 0.1) is 66.1 Å². The third kappa shape index (κ3) is 79.4. The zero-order valence-electron chi connectivity index (χ0n) is 17.9. The maximum atomic E-state index is 9.75. The number of rotatable bonds is 1. The molecule has 1 aliphatic heterocycles. The maximum absolute atomic E-state index is 9.75. The van der Waals surface area contributed by atoms with Crippen LogP contribution in [0.2, 0.25) is 0 Å². The van der Waals surface area contributed by atoms with Crippen molar-refractivity contribution >= 4 is 61.9 Å². The maximum Gasteiger partial charge on any atom is 2.00 e. The van der Waals surface area contributed by atoms with E-state index in [1.165, 1.54) is 0 Å². The van der Waals surface area contributed by atoms with Crippen molar-refractivity contribution in [1.29, 1.82) is 0 Å². The molecule has 19 heteroatoms. The Bertz CT molecular complexity index is 270. The molecule has 0 aromatic rings. The Morgan fingerprint density at radius 1 is 0.485 bits per heavy atom. The fourth-order valence-electron chi connectivity index (χ4n) is 1.32. The number of aliphatic hydroxyl groups is 2. The molecule has 1 rings (SSSR count). The first kappa shape index (κ1) is 41.0. The standard InChI is InChI=1S/C12H24O4S2.C2H6O2.2BF4.Sn/c1-2-14-6-10-18-12-8-16-4-3-15-7-11-17-9-5-13-1;3-1-2-4;2*2-1(3,4)5;/h1-12H2;3-4H,1-2H2;;;/q;;2*-1;+2. The molecule has 0 aromatic heterocycles. The largest absolute Gasteiger partial charge is 2.00 e. The van der Waals surface area contributed by atoms with Crippen molar-refractivity contribution < 1.29 is 63.7 Å². The number of hydrogen-bond donors (Lipinski definition) is 2. The number of thioether (sulfide) groups is 2. The zero-order chi connectivity index (χ0) is 25.1. The SMILES string of the molecule is C1COCCSCCOCCOCCSCCO1.F[B-](F)(F)F.F[B-](F)(F)F.OCCO.[Sn+2]. The Kier molecular flexibility index (Phi) is 38.3. The Morgan fingerprint density at radius 3 is 0.818 bits per heavy atom. The zero-order valence-corrected chi connectivity index (χ0v) is 22.4. The van der Waals surface area contributed by atoms with Gasteiger partial charge in [-0.15, -0.1) is 0 Å². The molecular formula is C14H30B2F8O6S2Sn. The molecule has 0 aromatic carbocycles. The van der Waals surface area contributed by atoms with Crippen LogP contribution in [0.15, 0.2) is 0 Å². The van der Waals surface area contributed by atoms with Crippen LogP contribution in [-0.2, 0) is 18.9 Å². The molecule has 0 atom stereocenters. The van der Waals surface area contributed by atoms with Crippen LogP contribution in [-0.4, -0.2) is 138 Å². The van der Waals surface area contributed by atoms with Gasteiger partial charge in [0, 0.05) is 23.0 Å². The molecule has 0 aliphatic carbocycles.